The Morgan fingerprint density at radius 2 is 2.14 bits per heavy atom. The summed E-state index contributed by atoms with van der Waals surface area (Å²) in [5.74, 6) is 0. The summed E-state index contributed by atoms with van der Waals surface area (Å²) in [6.07, 6.45) is 5.23. The largest absolute Gasteiger partial charge is 0.304 e. The second kappa shape index (κ2) is 5.57. The van der Waals surface area contributed by atoms with E-state index in [1.165, 1.54) is 0 Å². The number of fused-ring (bicyclic) bond motifs is 1. The van der Waals surface area contributed by atoms with Crippen LogP contribution in [0.1, 0.15) is 35.6 Å². The lowest BCUT2D eigenvalue weighted by Crippen LogP contribution is -2.20. The van der Waals surface area contributed by atoms with Crippen LogP contribution in [0.3, 0.4) is 0 Å². The minimum Gasteiger partial charge on any atom is -0.304 e. The Morgan fingerprint density at radius 1 is 1.29 bits per heavy atom. The predicted octanol–water partition coefficient (Wildman–Crippen LogP) is 1.99. The zero-order valence-electron chi connectivity index (χ0n) is 12.4. The lowest BCUT2D eigenvalue weighted by atomic mass is 10.1. The van der Waals surface area contributed by atoms with Gasteiger partial charge in [-0.15, -0.1) is 0 Å². The molecule has 0 saturated carbocycles. The summed E-state index contributed by atoms with van der Waals surface area (Å²) >= 11 is 0. The molecule has 0 saturated heterocycles. The zero-order valence-corrected chi connectivity index (χ0v) is 12.4. The number of hydrogen-bond acceptors (Lipinski definition) is 5. The van der Waals surface area contributed by atoms with Gasteiger partial charge in [-0.05, 0) is 26.8 Å². The van der Waals surface area contributed by atoms with Crippen molar-refractivity contribution >= 4 is 5.65 Å². The normalized spacial score (nSPS) is 12.7. The molecule has 0 aliphatic rings. The quantitative estimate of drug-likeness (QED) is 0.792. The molecule has 1 unspecified atom stereocenters. The van der Waals surface area contributed by atoms with E-state index >= 15 is 0 Å². The molecule has 0 aliphatic carbocycles. The lowest BCUT2D eigenvalue weighted by molar-refractivity contribution is 0.558. The third kappa shape index (κ3) is 2.75. The standard InChI is InChI=1S/C15H18N6/c1-10-6-15-18-8-14(12(3)21(15)20-10)11(2)17-7-13-4-5-16-9-19-13/h4-6,8-9,11,17H,7H2,1-3H3. The number of hydrogen-bond donors (Lipinski definition) is 1. The molecule has 3 aromatic rings. The number of nitrogens with one attached hydrogen (secondary N) is 1. The van der Waals surface area contributed by atoms with Crippen LogP contribution in [0.5, 0.6) is 0 Å². The van der Waals surface area contributed by atoms with Gasteiger partial charge in [0.15, 0.2) is 5.65 Å². The molecule has 3 rings (SSSR count). The van der Waals surface area contributed by atoms with Crippen molar-refractivity contribution in [2.24, 2.45) is 0 Å². The van der Waals surface area contributed by atoms with E-state index in [1.54, 1.807) is 12.5 Å². The highest BCUT2D eigenvalue weighted by atomic mass is 15.3. The van der Waals surface area contributed by atoms with Gasteiger partial charge in [0.05, 0.1) is 11.4 Å². The highest BCUT2D eigenvalue weighted by Crippen LogP contribution is 2.18. The van der Waals surface area contributed by atoms with Gasteiger partial charge in [0.2, 0.25) is 0 Å². The molecule has 0 spiro atoms. The van der Waals surface area contributed by atoms with Crippen molar-refractivity contribution in [1.29, 1.82) is 0 Å². The van der Waals surface area contributed by atoms with E-state index < -0.39 is 0 Å². The summed E-state index contributed by atoms with van der Waals surface area (Å²) < 4.78 is 1.90. The second-order valence-electron chi connectivity index (χ2n) is 5.16. The van der Waals surface area contributed by atoms with Crippen LogP contribution in [-0.4, -0.2) is 24.6 Å². The van der Waals surface area contributed by atoms with Crippen LogP contribution in [0.4, 0.5) is 0 Å². The minimum atomic E-state index is 0.168. The first-order valence-corrected chi connectivity index (χ1v) is 6.95. The van der Waals surface area contributed by atoms with Gasteiger partial charge in [0, 0.05) is 42.3 Å². The summed E-state index contributed by atoms with van der Waals surface area (Å²) in [6.45, 7) is 6.86. The van der Waals surface area contributed by atoms with Gasteiger partial charge in [-0.2, -0.15) is 5.10 Å². The summed E-state index contributed by atoms with van der Waals surface area (Å²) in [5, 5.41) is 7.94. The molecular weight excluding hydrogens is 264 g/mol. The Labute approximate surface area is 123 Å². The molecule has 108 valence electrons. The van der Waals surface area contributed by atoms with Crippen LogP contribution in [0.15, 0.2) is 30.9 Å². The Kier molecular flexibility index (Phi) is 3.62. The van der Waals surface area contributed by atoms with Crippen LogP contribution in [0.2, 0.25) is 0 Å². The first-order chi connectivity index (χ1) is 10.1. The van der Waals surface area contributed by atoms with Gasteiger partial charge in [-0.25, -0.2) is 19.5 Å². The van der Waals surface area contributed by atoms with Crippen molar-refractivity contribution in [3.63, 3.8) is 0 Å². The molecule has 21 heavy (non-hydrogen) atoms. The van der Waals surface area contributed by atoms with Gasteiger partial charge in [0.25, 0.3) is 0 Å². The number of aryl methyl sites for hydroxylation is 2. The highest BCUT2D eigenvalue weighted by molar-refractivity contribution is 5.42. The van der Waals surface area contributed by atoms with Gasteiger partial charge < -0.3 is 5.32 Å². The van der Waals surface area contributed by atoms with E-state index in [9.17, 15) is 0 Å². The first-order valence-electron chi connectivity index (χ1n) is 6.95. The van der Waals surface area contributed by atoms with E-state index in [4.69, 9.17) is 0 Å². The Morgan fingerprint density at radius 3 is 2.90 bits per heavy atom. The molecule has 3 heterocycles. The summed E-state index contributed by atoms with van der Waals surface area (Å²) in [5.41, 5.74) is 5.08. The second-order valence-corrected chi connectivity index (χ2v) is 5.16. The fraction of sp³-hybridized carbons (Fsp3) is 0.333. The average Bonchev–Trinajstić information content (AvgIpc) is 2.88. The Balaban J connectivity index is 1.81. The molecule has 1 N–H and O–H groups in total. The molecule has 3 aromatic heterocycles. The van der Waals surface area contributed by atoms with E-state index in [-0.39, 0.29) is 6.04 Å². The van der Waals surface area contributed by atoms with Gasteiger partial charge >= 0.3 is 0 Å². The van der Waals surface area contributed by atoms with Crippen molar-refractivity contribution in [2.75, 3.05) is 0 Å². The van der Waals surface area contributed by atoms with E-state index in [2.05, 4.69) is 39.2 Å². The summed E-state index contributed by atoms with van der Waals surface area (Å²) in [6, 6.07) is 4.06. The summed E-state index contributed by atoms with van der Waals surface area (Å²) in [4.78, 5) is 12.6. The molecule has 0 bridgehead atoms. The van der Waals surface area contributed by atoms with Crippen LogP contribution < -0.4 is 5.32 Å². The van der Waals surface area contributed by atoms with Crippen molar-refractivity contribution in [3.05, 3.63) is 53.5 Å². The predicted molar refractivity (Wildman–Crippen MR) is 79.7 cm³/mol. The van der Waals surface area contributed by atoms with Gasteiger partial charge in [-0.1, -0.05) is 0 Å². The van der Waals surface area contributed by atoms with Gasteiger partial charge in [0.1, 0.15) is 6.33 Å². The van der Waals surface area contributed by atoms with E-state index in [1.807, 2.05) is 29.8 Å². The Bertz CT molecular complexity index is 749. The van der Waals surface area contributed by atoms with Crippen LogP contribution in [-0.2, 0) is 6.54 Å². The summed E-state index contributed by atoms with van der Waals surface area (Å²) in [7, 11) is 0. The van der Waals surface area contributed by atoms with Crippen molar-refractivity contribution in [3.8, 4) is 0 Å². The first kappa shape index (κ1) is 13.6. The number of nitrogens with zero attached hydrogens (tertiary/aromatic N) is 5. The topological polar surface area (TPSA) is 68.0 Å². The van der Waals surface area contributed by atoms with E-state index in [0.29, 0.717) is 6.54 Å². The Hall–Kier alpha value is -2.34. The molecule has 0 radical (unpaired) electrons. The number of aromatic nitrogens is 5. The fourth-order valence-corrected chi connectivity index (χ4v) is 2.39. The van der Waals surface area contributed by atoms with Crippen LogP contribution in [0, 0.1) is 13.8 Å². The maximum Gasteiger partial charge on any atom is 0.155 e. The highest BCUT2D eigenvalue weighted by Gasteiger charge is 2.12. The SMILES string of the molecule is Cc1cc2ncc(C(C)NCc3ccncn3)c(C)n2n1. The number of rotatable bonds is 4. The van der Waals surface area contributed by atoms with Gasteiger partial charge in [-0.3, -0.25) is 0 Å². The van der Waals surface area contributed by atoms with Crippen molar-refractivity contribution in [2.45, 2.75) is 33.4 Å². The van der Waals surface area contributed by atoms with Crippen molar-refractivity contribution < 1.29 is 0 Å². The molecule has 0 amide bonds. The monoisotopic (exact) mass is 282 g/mol. The van der Waals surface area contributed by atoms with E-state index in [0.717, 1.165) is 28.3 Å². The molecular formula is C15H18N6. The molecule has 0 fully saturated rings. The van der Waals surface area contributed by atoms with Crippen LogP contribution in [0.25, 0.3) is 5.65 Å². The molecule has 0 aromatic carbocycles. The smallest absolute Gasteiger partial charge is 0.155 e. The fourth-order valence-electron chi connectivity index (χ4n) is 2.39. The maximum absolute atomic E-state index is 4.48. The lowest BCUT2D eigenvalue weighted by Gasteiger charge is -2.16. The average molecular weight is 282 g/mol. The van der Waals surface area contributed by atoms with Crippen molar-refractivity contribution in [1.82, 2.24) is 29.9 Å². The zero-order chi connectivity index (χ0) is 14.8. The maximum atomic E-state index is 4.48. The molecule has 0 aliphatic heterocycles. The molecule has 1 atom stereocenters. The molecule has 6 nitrogen and oxygen atoms in total. The third-order valence-corrected chi connectivity index (χ3v) is 3.58. The molecule has 6 heteroatoms. The third-order valence-electron chi connectivity index (χ3n) is 3.58. The van der Waals surface area contributed by atoms with Crippen LogP contribution >= 0.6 is 0 Å². The minimum absolute atomic E-state index is 0.168.